The van der Waals surface area contributed by atoms with Crippen LogP contribution in [-0.4, -0.2) is 17.9 Å². The molecule has 0 unspecified atom stereocenters. The summed E-state index contributed by atoms with van der Waals surface area (Å²) in [6.07, 6.45) is 0.0908. The molecule has 0 aliphatic carbocycles. The van der Waals surface area contributed by atoms with Gasteiger partial charge in [0, 0.05) is 12.1 Å². The Hall–Kier alpha value is -1.52. The fourth-order valence-corrected chi connectivity index (χ4v) is 0.849. The maximum atomic E-state index is 10.3. The predicted octanol–water partition coefficient (Wildman–Crippen LogP) is 0.969. The molecule has 0 amide bonds. The van der Waals surface area contributed by atoms with Crippen molar-refractivity contribution >= 4 is 13.5 Å². The molecule has 0 saturated carbocycles. The van der Waals surface area contributed by atoms with Gasteiger partial charge in [-0.1, -0.05) is 6.32 Å². The Morgan fingerprint density at radius 2 is 2.25 bits per heavy atom. The van der Waals surface area contributed by atoms with Crippen LogP contribution < -0.4 is 0 Å². The Morgan fingerprint density at radius 3 is 2.75 bits per heavy atom. The van der Waals surface area contributed by atoms with Gasteiger partial charge in [-0.3, -0.25) is 10.1 Å². The van der Waals surface area contributed by atoms with E-state index < -0.39 is 4.92 Å². The zero-order valence-corrected chi connectivity index (χ0v) is 6.23. The molecule has 1 aromatic carbocycles. The molecule has 0 atom stereocenters. The van der Waals surface area contributed by atoms with E-state index in [1.54, 1.807) is 0 Å². The van der Waals surface area contributed by atoms with Crippen LogP contribution in [0, 0.1) is 10.1 Å². The monoisotopic (exact) mass is 163 g/mol. The van der Waals surface area contributed by atoms with Gasteiger partial charge in [-0.2, -0.15) is 0 Å². The van der Waals surface area contributed by atoms with E-state index in [9.17, 15) is 10.1 Å². The number of phenolic OH excluding ortho intramolecular Hbond substituents is 1. The number of phenols is 1. The number of hydrogen-bond acceptors (Lipinski definition) is 3. The Labute approximate surface area is 70.4 Å². The summed E-state index contributed by atoms with van der Waals surface area (Å²) in [6.45, 7) is 0. The lowest BCUT2D eigenvalue weighted by Crippen LogP contribution is -1.91. The SMILES string of the molecule is [B]Cc1cc([N+](=O)[O-])ccc1O. The van der Waals surface area contributed by atoms with Gasteiger partial charge >= 0.3 is 0 Å². The standard InChI is InChI=1S/C7H6BNO3/c8-4-5-3-6(9(11)12)1-2-7(5)10/h1-3,10H,4H2. The molecule has 1 N–H and O–H groups in total. The van der Waals surface area contributed by atoms with Gasteiger partial charge in [-0.15, -0.1) is 0 Å². The van der Waals surface area contributed by atoms with E-state index in [-0.39, 0.29) is 17.8 Å². The summed E-state index contributed by atoms with van der Waals surface area (Å²) in [4.78, 5) is 9.73. The second-order valence-electron chi connectivity index (χ2n) is 2.27. The van der Waals surface area contributed by atoms with Crippen molar-refractivity contribution in [2.45, 2.75) is 6.32 Å². The first-order chi connectivity index (χ1) is 5.65. The highest BCUT2D eigenvalue weighted by atomic mass is 16.6. The van der Waals surface area contributed by atoms with E-state index in [0.717, 1.165) is 0 Å². The molecular weight excluding hydrogens is 157 g/mol. The molecule has 0 fully saturated rings. The van der Waals surface area contributed by atoms with Crippen molar-refractivity contribution in [2.75, 3.05) is 0 Å². The third kappa shape index (κ3) is 1.55. The normalized spacial score (nSPS) is 9.67. The van der Waals surface area contributed by atoms with E-state index in [2.05, 4.69) is 0 Å². The average molecular weight is 163 g/mol. The van der Waals surface area contributed by atoms with Crippen molar-refractivity contribution in [2.24, 2.45) is 0 Å². The molecule has 0 aliphatic rings. The first-order valence-corrected chi connectivity index (χ1v) is 3.31. The van der Waals surface area contributed by atoms with Crippen LogP contribution in [0.4, 0.5) is 5.69 Å². The van der Waals surface area contributed by atoms with Gasteiger partial charge in [0.2, 0.25) is 0 Å². The van der Waals surface area contributed by atoms with Crippen LogP contribution in [0.2, 0.25) is 0 Å². The Bertz CT molecular complexity index is 314. The highest BCUT2D eigenvalue weighted by Gasteiger charge is 2.07. The van der Waals surface area contributed by atoms with Crippen LogP contribution in [0.3, 0.4) is 0 Å². The van der Waals surface area contributed by atoms with Gasteiger partial charge < -0.3 is 5.11 Å². The molecule has 5 heteroatoms. The topological polar surface area (TPSA) is 63.4 Å². The minimum Gasteiger partial charge on any atom is -0.508 e. The highest BCUT2D eigenvalue weighted by molar-refractivity contribution is 6.08. The average Bonchev–Trinajstić information content (AvgIpc) is 2.05. The minimum absolute atomic E-state index is 0.0110. The summed E-state index contributed by atoms with van der Waals surface area (Å²) >= 11 is 0. The smallest absolute Gasteiger partial charge is 0.269 e. The maximum Gasteiger partial charge on any atom is 0.269 e. The van der Waals surface area contributed by atoms with Crippen molar-refractivity contribution in [3.8, 4) is 5.75 Å². The number of non-ortho nitro benzene ring substituents is 1. The van der Waals surface area contributed by atoms with Crippen molar-refractivity contribution < 1.29 is 10.0 Å². The Morgan fingerprint density at radius 1 is 1.58 bits per heavy atom. The van der Waals surface area contributed by atoms with Crippen LogP contribution >= 0.6 is 0 Å². The summed E-state index contributed by atoms with van der Waals surface area (Å²) in [5.41, 5.74) is 0.317. The van der Waals surface area contributed by atoms with Gasteiger partial charge in [0.05, 0.1) is 12.8 Å². The molecule has 0 heterocycles. The van der Waals surface area contributed by atoms with Crippen LogP contribution in [-0.2, 0) is 6.32 Å². The number of benzene rings is 1. The Kier molecular flexibility index (Phi) is 2.33. The fourth-order valence-electron chi connectivity index (χ4n) is 0.849. The van der Waals surface area contributed by atoms with Gasteiger partial charge in [0.1, 0.15) is 5.75 Å². The maximum absolute atomic E-state index is 10.3. The van der Waals surface area contributed by atoms with E-state index in [0.29, 0.717) is 5.56 Å². The molecule has 0 saturated heterocycles. The molecule has 60 valence electrons. The largest absolute Gasteiger partial charge is 0.508 e. The second kappa shape index (κ2) is 3.25. The highest BCUT2D eigenvalue weighted by Crippen LogP contribution is 2.22. The van der Waals surface area contributed by atoms with E-state index >= 15 is 0 Å². The molecule has 4 nitrogen and oxygen atoms in total. The number of hydrogen-bond donors (Lipinski definition) is 1. The van der Waals surface area contributed by atoms with Crippen molar-refractivity contribution in [3.63, 3.8) is 0 Å². The zero-order valence-electron chi connectivity index (χ0n) is 6.23. The van der Waals surface area contributed by atoms with Gasteiger partial charge in [0.25, 0.3) is 5.69 Å². The number of aromatic hydroxyl groups is 1. The summed E-state index contributed by atoms with van der Waals surface area (Å²) in [7, 11) is 5.24. The van der Waals surface area contributed by atoms with Crippen LogP contribution in [0.5, 0.6) is 5.75 Å². The number of nitrogens with zero attached hydrogens (tertiary/aromatic N) is 1. The predicted molar refractivity (Wildman–Crippen MR) is 44.2 cm³/mol. The fraction of sp³-hybridized carbons (Fsp3) is 0.143. The zero-order chi connectivity index (χ0) is 9.14. The number of nitro groups is 1. The van der Waals surface area contributed by atoms with Crippen LogP contribution in [0.1, 0.15) is 5.56 Å². The third-order valence-corrected chi connectivity index (χ3v) is 1.49. The molecule has 0 spiro atoms. The molecule has 0 bridgehead atoms. The summed E-state index contributed by atoms with van der Waals surface area (Å²) < 4.78 is 0. The summed E-state index contributed by atoms with van der Waals surface area (Å²) in [6, 6.07) is 3.75. The lowest BCUT2D eigenvalue weighted by atomic mass is 9.96. The van der Waals surface area contributed by atoms with Crippen molar-refractivity contribution in [3.05, 3.63) is 33.9 Å². The van der Waals surface area contributed by atoms with Gasteiger partial charge in [0.15, 0.2) is 0 Å². The quantitative estimate of drug-likeness (QED) is 0.401. The van der Waals surface area contributed by atoms with E-state index in [1.165, 1.54) is 18.2 Å². The lowest BCUT2D eigenvalue weighted by molar-refractivity contribution is -0.384. The van der Waals surface area contributed by atoms with Crippen LogP contribution in [0.15, 0.2) is 18.2 Å². The molecule has 0 aromatic heterocycles. The summed E-state index contributed by atoms with van der Waals surface area (Å²) in [5.74, 6) is -0.0110. The van der Waals surface area contributed by atoms with E-state index in [4.69, 9.17) is 13.0 Å². The lowest BCUT2D eigenvalue weighted by Gasteiger charge is -1.99. The Balaban J connectivity index is 3.13. The second-order valence-corrected chi connectivity index (χ2v) is 2.27. The van der Waals surface area contributed by atoms with Gasteiger partial charge in [-0.05, 0) is 11.6 Å². The molecular formula is C7H6BNO3. The third-order valence-electron chi connectivity index (χ3n) is 1.49. The van der Waals surface area contributed by atoms with Crippen molar-refractivity contribution in [1.29, 1.82) is 0 Å². The first-order valence-electron chi connectivity index (χ1n) is 3.31. The van der Waals surface area contributed by atoms with Crippen LogP contribution in [0.25, 0.3) is 0 Å². The van der Waals surface area contributed by atoms with Gasteiger partial charge in [-0.25, -0.2) is 0 Å². The minimum atomic E-state index is -0.529. The van der Waals surface area contributed by atoms with Crippen molar-refractivity contribution in [1.82, 2.24) is 0 Å². The van der Waals surface area contributed by atoms with E-state index in [1.807, 2.05) is 0 Å². The first kappa shape index (κ1) is 8.58. The molecule has 12 heavy (non-hydrogen) atoms. The molecule has 1 rings (SSSR count). The number of rotatable bonds is 2. The molecule has 2 radical (unpaired) electrons. The molecule has 1 aromatic rings. The number of nitro benzene ring substituents is 1. The summed E-state index contributed by atoms with van der Waals surface area (Å²) in [5, 5.41) is 19.4. The molecule has 0 aliphatic heterocycles.